The molecule has 1 saturated heterocycles. The van der Waals surface area contributed by atoms with Crippen molar-refractivity contribution in [1.82, 2.24) is 15.2 Å². The first-order valence-electron chi connectivity index (χ1n) is 9.54. The van der Waals surface area contributed by atoms with Gasteiger partial charge >= 0.3 is 0 Å². The molecule has 1 fully saturated rings. The number of methoxy groups -OCH3 is 2. The van der Waals surface area contributed by atoms with Crippen LogP contribution in [-0.4, -0.2) is 68.9 Å². The molecule has 0 bridgehead atoms. The lowest BCUT2D eigenvalue weighted by Crippen LogP contribution is -2.36. The van der Waals surface area contributed by atoms with E-state index in [2.05, 4.69) is 26.1 Å². The predicted molar refractivity (Wildman–Crippen MR) is 110 cm³/mol. The molecular formula is C21H24N4O4. The summed E-state index contributed by atoms with van der Waals surface area (Å²) in [4.78, 5) is 6.88. The molecule has 1 aromatic carbocycles. The third-order valence-corrected chi connectivity index (χ3v) is 4.86. The standard InChI is InChI=1S/C21H24N4O4/c1-26-9-10-29-20-11-16-17(14-23-24-18(16)12-19(20)27-2)15-3-4-21(22-13-15)25-5-7-28-8-6-25/h3-4,11-14H,5-10H2,1-2H3. The van der Waals surface area contributed by atoms with E-state index in [9.17, 15) is 0 Å². The zero-order chi connectivity index (χ0) is 20.1. The summed E-state index contributed by atoms with van der Waals surface area (Å²) in [5.41, 5.74) is 2.64. The minimum atomic E-state index is 0.433. The number of pyridine rings is 1. The van der Waals surface area contributed by atoms with E-state index in [-0.39, 0.29) is 0 Å². The predicted octanol–water partition coefficient (Wildman–Crippen LogP) is 2.56. The molecule has 0 atom stereocenters. The second-order valence-electron chi connectivity index (χ2n) is 6.62. The quantitative estimate of drug-likeness (QED) is 0.564. The van der Waals surface area contributed by atoms with Gasteiger partial charge in [0.2, 0.25) is 0 Å². The van der Waals surface area contributed by atoms with Crippen LogP contribution in [-0.2, 0) is 9.47 Å². The highest BCUT2D eigenvalue weighted by molar-refractivity contribution is 5.95. The molecule has 0 spiro atoms. The van der Waals surface area contributed by atoms with Gasteiger partial charge in [-0.15, -0.1) is 0 Å². The van der Waals surface area contributed by atoms with Crippen LogP contribution in [0.2, 0.25) is 0 Å². The van der Waals surface area contributed by atoms with Gasteiger partial charge in [0, 0.05) is 49.0 Å². The van der Waals surface area contributed by atoms with Crippen molar-refractivity contribution in [1.29, 1.82) is 0 Å². The number of benzene rings is 1. The maximum Gasteiger partial charge on any atom is 0.162 e. The van der Waals surface area contributed by atoms with E-state index in [0.29, 0.717) is 24.7 Å². The molecule has 4 rings (SSSR count). The number of aromatic nitrogens is 3. The van der Waals surface area contributed by atoms with Crippen molar-refractivity contribution in [3.8, 4) is 22.6 Å². The maximum atomic E-state index is 5.83. The first-order valence-corrected chi connectivity index (χ1v) is 9.54. The van der Waals surface area contributed by atoms with Crippen molar-refractivity contribution in [2.75, 3.05) is 58.6 Å². The summed E-state index contributed by atoms with van der Waals surface area (Å²) in [6.45, 7) is 4.10. The van der Waals surface area contributed by atoms with Crippen LogP contribution in [0.3, 0.4) is 0 Å². The summed E-state index contributed by atoms with van der Waals surface area (Å²) in [6, 6.07) is 7.86. The highest BCUT2D eigenvalue weighted by atomic mass is 16.5. The molecule has 152 valence electrons. The Morgan fingerprint density at radius 3 is 2.62 bits per heavy atom. The Hall–Kier alpha value is -2.97. The molecule has 8 heteroatoms. The van der Waals surface area contributed by atoms with Crippen molar-refractivity contribution < 1.29 is 18.9 Å². The molecule has 1 aliphatic heterocycles. The minimum Gasteiger partial charge on any atom is -0.493 e. The van der Waals surface area contributed by atoms with E-state index < -0.39 is 0 Å². The van der Waals surface area contributed by atoms with E-state index in [1.54, 1.807) is 20.4 Å². The molecule has 0 N–H and O–H groups in total. The van der Waals surface area contributed by atoms with Gasteiger partial charge in [0.15, 0.2) is 11.5 Å². The Kier molecular flexibility index (Phi) is 6.02. The first kappa shape index (κ1) is 19.4. The summed E-state index contributed by atoms with van der Waals surface area (Å²) in [7, 11) is 3.25. The van der Waals surface area contributed by atoms with Gasteiger partial charge in [-0.3, -0.25) is 0 Å². The van der Waals surface area contributed by atoms with Crippen LogP contribution in [0.5, 0.6) is 11.5 Å². The average molecular weight is 396 g/mol. The van der Waals surface area contributed by atoms with Crippen molar-refractivity contribution in [3.63, 3.8) is 0 Å². The molecule has 1 aliphatic rings. The molecule has 0 radical (unpaired) electrons. The van der Waals surface area contributed by atoms with Crippen molar-refractivity contribution >= 4 is 16.7 Å². The number of hydrogen-bond acceptors (Lipinski definition) is 8. The average Bonchev–Trinajstić information content (AvgIpc) is 2.79. The number of rotatable bonds is 7. The Labute approximate surface area is 169 Å². The number of anilines is 1. The van der Waals surface area contributed by atoms with E-state index in [0.717, 1.165) is 54.2 Å². The van der Waals surface area contributed by atoms with Gasteiger partial charge in [-0.1, -0.05) is 0 Å². The zero-order valence-electron chi connectivity index (χ0n) is 16.6. The second kappa shape index (κ2) is 9.02. The van der Waals surface area contributed by atoms with Crippen molar-refractivity contribution in [3.05, 3.63) is 36.7 Å². The summed E-state index contributed by atoms with van der Waals surface area (Å²) >= 11 is 0. The molecular weight excluding hydrogens is 372 g/mol. The van der Waals surface area contributed by atoms with E-state index in [1.807, 2.05) is 24.4 Å². The Bertz CT molecular complexity index is 959. The number of fused-ring (bicyclic) bond motifs is 1. The first-order chi connectivity index (χ1) is 14.3. The molecule has 0 unspecified atom stereocenters. The lowest BCUT2D eigenvalue weighted by molar-refractivity contribution is 0.122. The largest absolute Gasteiger partial charge is 0.493 e. The van der Waals surface area contributed by atoms with E-state index >= 15 is 0 Å². The molecule has 0 aliphatic carbocycles. The SMILES string of the molecule is COCCOc1cc2c(-c3ccc(N4CCOCC4)nc3)cnnc2cc1OC. The van der Waals surface area contributed by atoms with Crippen LogP contribution in [0.25, 0.3) is 22.0 Å². The minimum absolute atomic E-state index is 0.433. The Morgan fingerprint density at radius 1 is 1.03 bits per heavy atom. The van der Waals surface area contributed by atoms with Gasteiger partial charge in [0.25, 0.3) is 0 Å². The molecule has 8 nitrogen and oxygen atoms in total. The van der Waals surface area contributed by atoms with E-state index in [4.69, 9.17) is 18.9 Å². The molecule has 0 saturated carbocycles. The Morgan fingerprint density at radius 2 is 1.90 bits per heavy atom. The van der Waals surface area contributed by atoms with Crippen LogP contribution >= 0.6 is 0 Å². The lowest BCUT2D eigenvalue weighted by Gasteiger charge is -2.27. The fourth-order valence-corrected chi connectivity index (χ4v) is 3.33. The van der Waals surface area contributed by atoms with Gasteiger partial charge in [0.1, 0.15) is 12.4 Å². The van der Waals surface area contributed by atoms with Crippen LogP contribution in [0.4, 0.5) is 5.82 Å². The van der Waals surface area contributed by atoms with Crippen LogP contribution < -0.4 is 14.4 Å². The molecule has 29 heavy (non-hydrogen) atoms. The van der Waals surface area contributed by atoms with Crippen molar-refractivity contribution in [2.24, 2.45) is 0 Å². The fraction of sp³-hybridized carbons (Fsp3) is 0.381. The second-order valence-corrected chi connectivity index (χ2v) is 6.62. The topological polar surface area (TPSA) is 78.8 Å². The van der Waals surface area contributed by atoms with Crippen LogP contribution in [0, 0.1) is 0 Å². The number of hydrogen-bond donors (Lipinski definition) is 0. The highest BCUT2D eigenvalue weighted by Gasteiger charge is 2.15. The molecule has 3 aromatic rings. The molecule has 3 heterocycles. The smallest absolute Gasteiger partial charge is 0.162 e. The summed E-state index contributed by atoms with van der Waals surface area (Å²) in [5.74, 6) is 2.21. The zero-order valence-corrected chi connectivity index (χ0v) is 16.6. The van der Waals surface area contributed by atoms with Crippen LogP contribution in [0.15, 0.2) is 36.7 Å². The summed E-state index contributed by atoms with van der Waals surface area (Å²) < 4.78 is 21.8. The highest BCUT2D eigenvalue weighted by Crippen LogP contribution is 2.36. The van der Waals surface area contributed by atoms with Gasteiger partial charge in [0.05, 0.1) is 38.6 Å². The summed E-state index contributed by atoms with van der Waals surface area (Å²) in [5, 5.41) is 9.34. The number of morpholine rings is 1. The number of nitrogens with zero attached hydrogens (tertiary/aromatic N) is 4. The van der Waals surface area contributed by atoms with Crippen LogP contribution in [0.1, 0.15) is 0 Å². The third-order valence-electron chi connectivity index (χ3n) is 4.86. The third kappa shape index (κ3) is 4.23. The normalized spacial score (nSPS) is 14.2. The molecule has 2 aromatic heterocycles. The lowest BCUT2D eigenvalue weighted by atomic mass is 10.0. The number of ether oxygens (including phenoxy) is 4. The monoisotopic (exact) mass is 396 g/mol. The summed E-state index contributed by atoms with van der Waals surface area (Å²) in [6.07, 6.45) is 3.62. The maximum absolute atomic E-state index is 5.83. The van der Waals surface area contributed by atoms with Crippen molar-refractivity contribution in [2.45, 2.75) is 0 Å². The van der Waals surface area contributed by atoms with E-state index in [1.165, 1.54) is 0 Å². The van der Waals surface area contributed by atoms with Gasteiger partial charge < -0.3 is 23.8 Å². The van der Waals surface area contributed by atoms with Gasteiger partial charge in [-0.05, 0) is 18.2 Å². The fourth-order valence-electron chi connectivity index (χ4n) is 3.33. The van der Waals surface area contributed by atoms with Gasteiger partial charge in [-0.2, -0.15) is 10.2 Å². The Balaban J connectivity index is 1.68. The van der Waals surface area contributed by atoms with Gasteiger partial charge in [-0.25, -0.2) is 4.98 Å². The molecule has 0 amide bonds.